The number of hydrogen-bond acceptors (Lipinski definition) is 14. The Hall–Kier alpha value is -4.25. The zero-order valence-corrected chi connectivity index (χ0v) is 25.8. The molecule has 1 saturated heterocycles. The van der Waals surface area contributed by atoms with E-state index in [-0.39, 0.29) is 18.2 Å². The predicted octanol–water partition coefficient (Wildman–Crippen LogP) is -0.587. The second-order valence-corrected chi connectivity index (χ2v) is 11.6. The van der Waals surface area contributed by atoms with Gasteiger partial charge in [-0.1, -0.05) is 6.07 Å². The molecule has 0 unspecified atom stereocenters. The van der Waals surface area contributed by atoms with E-state index in [1.807, 2.05) is 31.9 Å². The van der Waals surface area contributed by atoms with Crippen LogP contribution in [-0.2, 0) is 43.6 Å². The van der Waals surface area contributed by atoms with Crippen LogP contribution < -0.4 is 9.47 Å². The number of ether oxygens (including phenoxy) is 5. The number of aliphatic carboxylic acids is 2. The summed E-state index contributed by atoms with van der Waals surface area (Å²) in [4.78, 5) is 62.7. The number of benzene rings is 1. The van der Waals surface area contributed by atoms with Gasteiger partial charge in [0.1, 0.15) is 5.76 Å². The molecule has 252 valence electrons. The van der Waals surface area contributed by atoms with Crippen LogP contribution in [0.5, 0.6) is 11.5 Å². The fourth-order valence-corrected chi connectivity index (χ4v) is 6.43. The van der Waals surface area contributed by atoms with E-state index >= 15 is 0 Å². The van der Waals surface area contributed by atoms with Gasteiger partial charge in [-0.25, -0.2) is 19.2 Å². The fourth-order valence-electron chi connectivity index (χ4n) is 6.43. The summed E-state index contributed by atoms with van der Waals surface area (Å²) in [5, 5.41) is 49.7. The first-order valence-corrected chi connectivity index (χ1v) is 14.4. The maximum atomic E-state index is 13.3. The summed E-state index contributed by atoms with van der Waals surface area (Å²) in [5.74, 6) is -7.29. The highest BCUT2D eigenvalue weighted by Gasteiger charge is 2.69. The molecule has 0 radical (unpaired) electrons. The third-order valence-corrected chi connectivity index (χ3v) is 9.08. The summed E-state index contributed by atoms with van der Waals surface area (Å²) in [7, 11) is 3.35. The number of piperidine rings is 1. The monoisotopic (exact) mass is 651 g/mol. The van der Waals surface area contributed by atoms with Crippen molar-refractivity contribution in [1.82, 2.24) is 4.90 Å². The van der Waals surface area contributed by atoms with E-state index < -0.39 is 77.8 Å². The standard InChI is InChI=1S/C30H37NO15/c1-13-6-7-16(42-5)23-20(13)29-10-11-31(4)15(3)30(29,41)9-8-17(24(29)46-23)44-19(32)12-18(27(39)43-14(2)25(35)36)45-28(40)22(34)21(33)26(37)38/h6-8,14-15,18,21-22,24,33-34,41H,9-12H2,1-5H3,(H,35,36)(H,37,38)/t14-,15+,18-,21+,22+,24-,29-,30+/m0/s1. The van der Waals surface area contributed by atoms with Crippen molar-refractivity contribution in [3.8, 4) is 11.5 Å². The molecule has 2 aliphatic heterocycles. The summed E-state index contributed by atoms with van der Waals surface area (Å²) in [6.07, 6.45) is -9.42. The molecule has 3 aliphatic rings. The van der Waals surface area contributed by atoms with Gasteiger partial charge < -0.3 is 54.1 Å². The minimum absolute atomic E-state index is 0.0113. The zero-order valence-electron chi connectivity index (χ0n) is 25.8. The Morgan fingerprint density at radius 2 is 1.74 bits per heavy atom. The average molecular weight is 652 g/mol. The number of aliphatic hydroxyl groups is 3. The van der Waals surface area contributed by atoms with Crippen LogP contribution in [0.15, 0.2) is 24.0 Å². The number of carbonyl (C=O) groups is 5. The Bertz CT molecular complexity index is 1460. The number of esters is 3. The van der Waals surface area contributed by atoms with E-state index in [1.54, 1.807) is 6.07 Å². The van der Waals surface area contributed by atoms with Crippen molar-refractivity contribution < 1.29 is 73.2 Å². The molecule has 46 heavy (non-hydrogen) atoms. The summed E-state index contributed by atoms with van der Waals surface area (Å²) in [5.41, 5.74) is -0.981. The van der Waals surface area contributed by atoms with E-state index in [4.69, 9.17) is 33.9 Å². The van der Waals surface area contributed by atoms with Gasteiger partial charge in [0.05, 0.1) is 24.5 Å². The number of carboxylic acid groups (broad SMARTS) is 2. The Morgan fingerprint density at radius 3 is 2.35 bits per heavy atom. The largest absolute Gasteiger partial charge is 0.493 e. The van der Waals surface area contributed by atoms with Crippen LogP contribution in [0.3, 0.4) is 0 Å². The van der Waals surface area contributed by atoms with Crippen molar-refractivity contribution in [3.05, 3.63) is 35.1 Å². The lowest BCUT2D eigenvalue weighted by Gasteiger charge is -2.58. The zero-order chi connectivity index (χ0) is 34.3. The van der Waals surface area contributed by atoms with Crippen molar-refractivity contribution >= 4 is 29.8 Å². The van der Waals surface area contributed by atoms with E-state index in [0.717, 1.165) is 12.5 Å². The molecule has 0 amide bonds. The number of likely N-dealkylation sites (N-methyl/N-ethyl adjacent to an activating group) is 1. The van der Waals surface area contributed by atoms with Crippen molar-refractivity contribution in [2.45, 2.75) is 87.6 Å². The lowest BCUT2D eigenvalue weighted by Crippen LogP contribution is -2.71. The maximum absolute atomic E-state index is 13.3. The first-order valence-electron chi connectivity index (χ1n) is 14.4. The number of fused-ring (bicyclic) bond motifs is 1. The molecule has 16 heteroatoms. The fraction of sp³-hybridized carbons (Fsp3) is 0.567. The van der Waals surface area contributed by atoms with Crippen molar-refractivity contribution in [3.63, 3.8) is 0 Å². The predicted molar refractivity (Wildman–Crippen MR) is 152 cm³/mol. The second kappa shape index (κ2) is 12.9. The Labute approximate surface area is 263 Å². The van der Waals surface area contributed by atoms with Gasteiger partial charge in [-0.15, -0.1) is 0 Å². The molecule has 1 aromatic carbocycles. The molecule has 0 saturated carbocycles. The smallest absolute Gasteiger partial charge is 0.348 e. The summed E-state index contributed by atoms with van der Waals surface area (Å²) in [6.45, 7) is 5.29. The Balaban J connectivity index is 1.66. The van der Waals surface area contributed by atoms with Crippen LogP contribution in [0.1, 0.15) is 44.2 Å². The number of carbonyl (C=O) groups excluding carboxylic acids is 3. The lowest BCUT2D eigenvalue weighted by atomic mass is 9.54. The molecular weight excluding hydrogens is 614 g/mol. The lowest BCUT2D eigenvalue weighted by molar-refractivity contribution is -0.186. The Kier molecular flexibility index (Phi) is 9.68. The first kappa shape index (κ1) is 34.6. The summed E-state index contributed by atoms with van der Waals surface area (Å²) >= 11 is 0. The number of aliphatic hydroxyl groups excluding tert-OH is 2. The number of carboxylic acids is 2. The average Bonchev–Trinajstić information content (AvgIpc) is 3.37. The number of methoxy groups -OCH3 is 1. The topological polar surface area (TPSA) is 236 Å². The van der Waals surface area contributed by atoms with Crippen LogP contribution in [0.25, 0.3) is 0 Å². The van der Waals surface area contributed by atoms with Gasteiger partial charge in [-0.3, -0.25) is 4.79 Å². The SMILES string of the molecule is COc1ccc(C)c2c1O[C@H]1C(OC(=O)C[C@H](OC(=O)[C@H](O)[C@@H](O)C(=O)O)C(=O)O[C@@H](C)C(=O)O)=CC[C@@]3(O)[C@@H](C)N(C)CC[C@]213. The Morgan fingerprint density at radius 1 is 1.07 bits per heavy atom. The molecule has 8 atom stereocenters. The number of aryl methyl sites for hydroxylation is 1. The van der Waals surface area contributed by atoms with E-state index in [9.17, 15) is 39.3 Å². The molecule has 1 aliphatic carbocycles. The molecule has 1 spiro atoms. The third kappa shape index (κ3) is 5.77. The van der Waals surface area contributed by atoms with Crippen LogP contribution in [-0.4, -0.2) is 123 Å². The summed E-state index contributed by atoms with van der Waals surface area (Å²) < 4.78 is 27.2. The minimum atomic E-state index is -2.66. The molecule has 0 bridgehead atoms. The highest BCUT2D eigenvalue weighted by molar-refractivity contribution is 5.89. The van der Waals surface area contributed by atoms with Crippen molar-refractivity contribution in [2.24, 2.45) is 0 Å². The van der Waals surface area contributed by atoms with Gasteiger partial charge in [-0.05, 0) is 58.5 Å². The molecule has 1 fully saturated rings. The van der Waals surface area contributed by atoms with Crippen LogP contribution in [0.4, 0.5) is 0 Å². The van der Waals surface area contributed by atoms with Crippen molar-refractivity contribution in [1.29, 1.82) is 0 Å². The van der Waals surface area contributed by atoms with E-state index in [2.05, 4.69) is 0 Å². The van der Waals surface area contributed by atoms with E-state index in [1.165, 1.54) is 13.2 Å². The molecule has 0 aromatic heterocycles. The first-order chi connectivity index (χ1) is 21.5. The molecule has 4 rings (SSSR count). The highest BCUT2D eigenvalue weighted by atomic mass is 16.6. The molecule has 1 aromatic rings. The molecular formula is C30H37NO15. The minimum Gasteiger partial charge on any atom is -0.493 e. The van der Waals surface area contributed by atoms with Gasteiger partial charge in [0.25, 0.3) is 0 Å². The quantitative estimate of drug-likeness (QED) is 0.149. The number of rotatable bonds is 11. The van der Waals surface area contributed by atoms with Gasteiger partial charge in [0, 0.05) is 18.0 Å². The second-order valence-electron chi connectivity index (χ2n) is 11.6. The van der Waals surface area contributed by atoms with Crippen LogP contribution >= 0.6 is 0 Å². The number of nitrogens with zero attached hydrogens (tertiary/aromatic N) is 1. The highest BCUT2D eigenvalue weighted by Crippen LogP contribution is 2.62. The normalized spacial score (nSPS) is 27.6. The van der Waals surface area contributed by atoms with Gasteiger partial charge >= 0.3 is 29.8 Å². The van der Waals surface area contributed by atoms with Gasteiger partial charge in [0.2, 0.25) is 6.10 Å². The van der Waals surface area contributed by atoms with Gasteiger partial charge in [-0.2, -0.15) is 0 Å². The summed E-state index contributed by atoms with van der Waals surface area (Å²) in [6, 6.07) is 3.19. The van der Waals surface area contributed by atoms with Crippen LogP contribution in [0, 0.1) is 6.92 Å². The third-order valence-electron chi connectivity index (χ3n) is 9.08. The van der Waals surface area contributed by atoms with Crippen LogP contribution in [0.2, 0.25) is 0 Å². The van der Waals surface area contributed by atoms with Gasteiger partial charge in [0.15, 0.2) is 35.9 Å². The molecule has 2 heterocycles. The molecule has 16 nitrogen and oxygen atoms in total. The molecule has 5 N–H and O–H groups in total. The number of hydrogen-bond donors (Lipinski definition) is 5. The van der Waals surface area contributed by atoms with Crippen molar-refractivity contribution in [2.75, 3.05) is 20.7 Å². The number of likely N-dealkylation sites (tertiary alicyclic amines) is 1. The van der Waals surface area contributed by atoms with E-state index in [0.29, 0.717) is 30.0 Å². The maximum Gasteiger partial charge on any atom is 0.348 e.